The summed E-state index contributed by atoms with van der Waals surface area (Å²) in [6.45, 7) is 2.96. The van der Waals surface area contributed by atoms with Gasteiger partial charge in [0.25, 0.3) is 17.9 Å². The van der Waals surface area contributed by atoms with E-state index in [1.54, 1.807) is 12.1 Å². The maximum Gasteiger partial charge on any atom is 0.284 e. The molecule has 0 fully saturated rings. The molecule has 0 aliphatic heterocycles. The molecule has 0 aliphatic carbocycles. The van der Waals surface area contributed by atoms with Gasteiger partial charge in [0, 0.05) is 23.9 Å². The fourth-order valence-electron chi connectivity index (χ4n) is 2.64. The van der Waals surface area contributed by atoms with Gasteiger partial charge in [0.1, 0.15) is 5.56 Å². The van der Waals surface area contributed by atoms with Crippen LogP contribution in [0.15, 0.2) is 59.7 Å². The largest absolute Gasteiger partial charge is 0.389 e. The van der Waals surface area contributed by atoms with Crippen LogP contribution in [0, 0.1) is 0 Å². The first kappa shape index (κ1) is 21.3. The molecular formula is C21H20F2N4O3. The number of rotatable bonds is 6. The number of amides is 1. The zero-order valence-corrected chi connectivity index (χ0v) is 16.3. The number of carbonyl (C=O) groups excluding carboxylic acids is 1. The van der Waals surface area contributed by atoms with Crippen molar-refractivity contribution in [3.05, 3.63) is 76.3 Å². The van der Waals surface area contributed by atoms with E-state index in [1.807, 2.05) is 0 Å². The molecule has 2 N–H and O–H groups in total. The Balaban J connectivity index is 2.11. The Morgan fingerprint density at radius 1 is 1.23 bits per heavy atom. The molecule has 2 aromatic heterocycles. The number of aliphatic hydroxyl groups is 1. The van der Waals surface area contributed by atoms with Crippen LogP contribution in [-0.4, -0.2) is 37.9 Å². The summed E-state index contributed by atoms with van der Waals surface area (Å²) < 4.78 is 26.7. The molecule has 0 atom stereocenters. The highest BCUT2D eigenvalue weighted by Crippen LogP contribution is 2.23. The number of benzene rings is 1. The van der Waals surface area contributed by atoms with Crippen LogP contribution in [0.1, 0.15) is 36.2 Å². The molecule has 156 valence electrons. The number of alkyl halides is 2. The molecule has 0 saturated carbocycles. The van der Waals surface area contributed by atoms with E-state index in [0.717, 1.165) is 4.68 Å². The third-order valence-electron chi connectivity index (χ3n) is 4.19. The van der Waals surface area contributed by atoms with E-state index in [0.29, 0.717) is 11.3 Å². The van der Waals surface area contributed by atoms with Gasteiger partial charge < -0.3 is 10.4 Å². The van der Waals surface area contributed by atoms with Crippen molar-refractivity contribution in [2.24, 2.45) is 0 Å². The Hall–Kier alpha value is -3.46. The molecule has 0 saturated heterocycles. The van der Waals surface area contributed by atoms with Crippen molar-refractivity contribution >= 4 is 5.91 Å². The summed E-state index contributed by atoms with van der Waals surface area (Å²) in [6.07, 6.45) is 0.328. The predicted molar refractivity (Wildman–Crippen MR) is 107 cm³/mol. The second-order valence-electron chi connectivity index (χ2n) is 7.29. The summed E-state index contributed by atoms with van der Waals surface area (Å²) in [6, 6.07) is 9.92. The van der Waals surface area contributed by atoms with Gasteiger partial charge in [-0.3, -0.25) is 14.6 Å². The molecule has 1 aromatic carbocycles. The van der Waals surface area contributed by atoms with Crippen LogP contribution in [0.5, 0.6) is 0 Å². The first-order valence-electron chi connectivity index (χ1n) is 9.09. The molecule has 0 unspecified atom stereocenters. The van der Waals surface area contributed by atoms with Crippen molar-refractivity contribution in [3.63, 3.8) is 0 Å². The lowest BCUT2D eigenvalue weighted by Gasteiger charge is -2.18. The lowest BCUT2D eigenvalue weighted by molar-refractivity contribution is 0.0693. The van der Waals surface area contributed by atoms with Gasteiger partial charge in [-0.1, -0.05) is 24.3 Å². The molecule has 0 aliphatic rings. The van der Waals surface area contributed by atoms with Crippen LogP contribution >= 0.6 is 0 Å². The van der Waals surface area contributed by atoms with E-state index in [4.69, 9.17) is 0 Å². The number of carbonyl (C=O) groups is 1. The zero-order chi connectivity index (χ0) is 21.9. The Morgan fingerprint density at radius 3 is 2.50 bits per heavy atom. The van der Waals surface area contributed by atoms with Crippen molar-refractivity contribution in [3.8, 4) is 16.9 Å². The number of pyridine rings is 1. The van der Waals surface area contributed by atoms with E-state index < -0.39 is 23.5 Å². The average molecular weight is 414 g/mol. The number of hydrogen-bond acceptors (Lipinski definition) is 5. The maximum atomic E-state index is 12.9. The van der Waals surface area contributed by atoms with E-state index in [2.05, 4.69) is 15.4 Å². The van der Waals surface area contributed by atoms with Gasteiger partial charge >= 0.3 is 0 Å². The van der Waals surface area contributed by atoms with Gasteiger partial charge in [-0.15, -0.1) is 0 Å². The van der Waals surface area contributed by atoms with Crippen LogP contribution in [-0.2, 0) is 0 Å². The molecule has 1 amide bonds. The number of nitrogens with zero attached hydrogens (tertiary/aromatic N) is 3. The summed E-state index contributed by atoms with van der Waals surface area (Å²) in [5.41, 5.74) is -1.16. The molecule has 0 spiro atoms. The van der Waals surface area contributed by atoms with Crippen molar-refractivity contribution in [1.82, 2.24) is 20.1 Å². The first-order chi connectivity index (χ1) is 14.2. The monoisotopic (exact) mass is 414 g/mol. The Labute approximate surface area is 171 Å². The van der Waals surface area contributed by atoms with Gasteiger partial charge in [0.15, 0.2) is 0 Å². The van der Waals surface area contributed by atoms with Crippen LogP contribution < -0.4 is 10.9 Å². The number of halogens is 2. The van der Waals surface area contributed by atoms with E-state index >= 15 is 0 Å². The summed E-state index contributed by atoms with van der Waals surface area (Å²) in [5.74, 6) is -0.687. The number of hydrogen-bond donors (Lipinski definition) is 2. The Bertz CT molecular complexity index is 1090. The molecular weight excluding hydrogens is 394 g/mol. The lowest BCUT2D eigenvalue weighted by atomic mass is 10.1. The SMILES string of the molecule is CC(C)(O)CNC(=O)c1cc(-c2ccc(C(F)F)cc2)nn(-c2cccnc2)c1=O. The van der Waals surface area contributed by atoms with Crippen LogP contribution in [0.25, 0.3) is 16.9 Å². The summed E-state index contributed by atoms with van der Waals surface area (Å²) in [7, 11) is 0. The highest BCUT2D eigenvalue weighted by Gasteiger charge is 2.20. The summed E-state index contributed by atoms with van der Waals surface area (Å²) in [5, 5.41) is 16.6. The standard InChI is InChI=1S/C21H20F2N4O3/c1-21(2,30)12-25-19(28)16-10-17(13-5-7-14(8-6-13)18(22)23)26-27(20(16)29)15-4-3-9-24-11-15/h3-11,18,30H,12H2,1-2H3,(H,25,28). The van der Waals surface area contributed by atoms with Gasteiger partial charge in [0.2, 0.25) is 0 Å². The van der Waals surface area contributed by atoms with Gasteiger partial charge in [0.05, 0.1) is 23.2 Å². The second kappa shape index (κ2) is 8.50. The summed E-state index contributed by atoms with van der Waals surface area (Å²) in [4.78, 5) is 29.5. The Morgan fingerprint density at radius 2 is 1.93 bits per heavy atom. The molecule has 3 rings (SSSR count). The van der Waals surface area contributed by atoms with Crippen molar-refractivity contribution < 1.29 is 18.7 Å². The first-order valence-corrected chi connectivity index (χ1v) is 9.09. The van der Waals surface area contributed by atoms with E-state index in [-0.39, 0.29) is 23.4 Å². The lowest BCUT2D eigenvalue weighted by Crippen LogP contribution is -2.41. The van der Waals surface area contributed by atoms with Crippen molar-refractivity contribution in [2.45, 2.75) is 25.9 Å². The van der Waals surface area contributed by atoms with Crippen molar-refractivity contribution in [1.29, 1.82) is 0 Å². The van der Waals surface area contributed by atoms with Gasteiger partial charge in [-0.25, -0.2) is 8.78 Å². The second-order valence-corrected chi connectivity index (χ2v) is 7.29. The topological polar surface area (TPSA) is 97.1 Å². The smallest absolute Gasteiger partial charge is 0.284 e. The third-order valence-corrected chi connectivity index (χ3v) is 4.19. The highest BCUT2D eigenvalue weighted by molar-refractivity contribution is 5.94. The number of aromatic nitrogens is 3. The minimum absolute atomic E-state index is 0.0705. The van der Waals surface area contributed by atoms with Gasteiger partial charge in [-0.05, 0) is 32.0 Å². The highest BCUT2D eigenvalue weighted by atomic mass is 19.3. The molecule has 7 nitrogen and oxygen atoms in total. The molecule has 0 radical (unpaired) electrons. The van der Waals surface area contributed by atoms with Gasteiger partial charge in [-0.2, -0.15) is 9.78 Å². The molecule has 9 heteroatoms. The predicted octanol–water partition coefficient (Wildman–Crippen LogP) is 2.73. The third kappa shape index (κ3) is 4.93. The normalized spacial score (nSPS) is 11.5. The number of nitrogens with one attached hydrogen (secondary N) is 1. The van der Waals surface area contributed by atoms with E-state index in [9.17, 15) is 23.5 Å². The molecule has 3 aromatic rings. The maximum absolute atomic E-state index is 12.9. The van der Waals surface area contributed by atoms with Crippen LogP contribution in [0.3, 0.4) is 0 Å². The minimum Gasteiger partial charge on any atom is -0.389 e. The molecule has 0 bridgehead atoms. The molecule has 30 heavy (non-hydrogen) atoms. The average Bonchev–Trinajstić information content (AvgIpc) is 2.72. The molecule has 2 heterocycles. The Kier molecular flexibility index (Phi) is 6.02. The van der Waals surface area contributed by atoms with Crippen LogP contribution in [0.4, 0.5) is 8.78 Å². The fraction of sp³-hybridized carbons (Fsp3) is 0.238. The van der Waals surface area contributed by atoms with E-state index in [1.165, 1.54) is 56.6 Å². The van der Waals surface area contributed by atoms with Crippen molar-refractivity contribution in [2.75, 3.05) is 6.54 Å². The quantitative estimate of drug-likeness (QED) is 0.647. The minimum atomic E-state index is -2.61. The zero-order valence-electron chi connectivity index (χ0n) is 16.3. The summed E-state index contributed by atoms with van der Waals surface area (Å²) >= 11 is 0. The van der Waals surface area contributed by atoms with Crippen LogP contribution in [0.2, 0.25) is 0 Å². The fourth-order valence-corrected chi connectivity index (χ4v) is 2.64.